The highest BCUT2D eigenvalue weighted by Gasteiger charge is 2.18. The number of rotatable bonds is 4. The number of Topliss-reactive ketones (excluding diaryl/α,β-unsaturated/α-hetero) is 1. The average Bonchev–Trinajstić information content (AvgIpc) is 2.49. The van der Waals surface area contributed by atoms with Gasteiger partial charge in [0, 0.05) is 13.2 Å². The zero-order valence-corrected chi connectivity index (χ0v) is 8.77. The summed E-state index contributed by atoms with van der Waals surface area (Å²) in [7, 11) is 1.77. The molecule has 78 valence electrons. The number of aromatic nitrogens is 3. The van der Waals surface area contributed by atoms with Gasteiger partial charge >= 0.3 is 0 Å². The van der Waals surface area contributed by atoms with Crippen molar-refractivity contribution in [1.82, 2.24) is 15.0 Å². The van der Waals surface area contributed by atoms with Crippen molar-refractivity contribution in [3.05, 3.63) is 11.9 Å². The van der Waals surface area contributed by atoms with E-state index in [1.807, 2.05) is 13.8 Å². The predicted octanol–water partition coefficient (Wildman–Crippen LogP) is -0.0900. The lowest BCUT2D eigenvalue weighted by Crippen LogP contribution is -2.36. The zero-order valence-electron chi connectivity index (χ0n) is 8.77. The van der Waals surface area contributed by atoms with Gasteiger partial charge in [-0.2, -0.15) is 0 Å². The lowest BCUT2D eigenvalue weighted by atomic mass is 9.98. The normalized spacial score (nSPS) is 13.2. The molecule has 0 aliphatic rings. The minimum atomic E-state index is -0.406. The van der Waals surface area contributed by atoms with Crippen molar-refractivity contribution in [3.63, 3.8) is 0 Å². The summed E-state index contributed by atoms with van der Waals surface area (Å²) >= 11 is 0. The summed E-state index contributed by atoms with van der Waals surface area (Å²) in [5, 5.41) is 7.58. The molecule has 14 heavy (non-hydrogen) atoms. The molecule has 0 spiro atoms. The number of hydrogen-bond acceptors (Lipinski definition) is 4. The van der Waals surface area contributed by atoms with E-state index in [0.717, 1.165) is 0 Å². The van der Waals surface area contributed by atoms with Gasteiger partial charge in [0.25, 0.3) is 0 Å². The summed E-state index contributed by atoms with van der Waals surface area (Å²) in [4.78, 5) is 11.6. The fourth-order valence-corrected chi connectivity index (χ4v) is 1.14. The van der Waals surface area contributed by atoms with E-state index in [9.17, 15) is 4.79 Å². The van der Waals surface area contributed by atoms with Crippen LogP contribution in [0, 0.1) is 5.92 Å². The van der Waals surface area contributed by atoms with Crippen molar-refractivity contribution in [2.24, 2.45) is 18.7 Å². The van der Waals surface area contributed by atoms with Gasteiger partial charge in [0.1, 0.15) is 0 Å². The van der Waals surface area contributed by atoms with Crippen LogP contribution in [0.15, 0.2) is 6.20 Å². The van der Waals surface area contributed by atoms with E-state index >= 15 is 0 Å². The number of nitrogens with two attached hydrogens (primary N) is 1. The first-order valence-electron chi connectivity index (χ1n) is 4.64. The smallest absolute Gasteiger partial charge is 0.155 e. The second kappa shape index (κ2) is 4.32. The van der Waals surface area contributed by atoms with Crippen LogP contribution >= 0.6 is 0 Å². The Morgan fingerprint density at radius 2 is 2.29 bits per heavy atom. The second-order valence-electron chi connectivity index (χ2n) is 3.80. The van der Waals surface area contributed by atoms with Crippen molar-refractivity contribution in [2.45, 2.75) is 26.3 Å². The molecule has 0 saturated carbocycles. The Morgan fingerprint density at radius 3 is 2.71 bits per heavy atom. The number of hydrogen-bond donors (Lipinski definition) is 1. The first-order valence-corrected chi connectivity index (χ1v) is 4.64. The molecule has 2 N–H and O–H groups in total. The van der Waals surface area contributed by atoms with Crippen LogP contribution in [0.4, 0.5) is 0 Å². The van der Waals surface area contributed by atoms with Crippen LogP contribution in [0.25, 0.3) is 0 Å². The molecule has 1 atom stereocenters. The lowest BCUT2D eigenvalue weighted by Gasteiger charge is -2.12. The highest BCUT2D eigenvalue weighted by molar-refractivity contribution is 5.85. The highest BCUT2D eigenvalue weighted by Crippen LogP contribution is 2.03. The molecule has 1 rings (SSSR count). The molecule has 0 fully saturated rings. The molecule has 0 aliphatic heterocycles. The third kappa shape index (κ3) is 2.63. The number of carbonyl (C=O) groups is 1. The topological polar surface area (TPSA) is 73.8 Å². The molecule has 0 radical (unpaired) electrons. The monoisotopic (exact) mass is 196 g/mol. The number of nitrogens with zero attached hydrogens (tertiary/aromatic N) is 3. The van der Waals surface area contributed by atoms with E-state index in [1.165, 1.54) is 0 Å². The Hall–Kier alpha value is -1.23. The van der Waals surface area contributed by atoms with Crippen LogP contribution in [0.2, 0.25) is 0 Å². The first kappa shape index (κ1) is 10.8. The van der Waals surface area contributed by atoms with Gasteiger partial charge in [0.15, 0.2) is 5.78 Å². The van der Waals surface area contributed by atoms with E-state index in [1.54, 1.807) is 17.9 Å². The zero-order chi connectivity index (χ0) is 10.7. The third-order valence-corrected chi connectivity index (χ3v) is 2.10. The summed E-state index contributed by atoms with van der Waals surface area (Å²) in [5.41, 5.74) is 6.38. The van der Waals surface area contributed by atoms with Crippen LogP contribution in [-0.2, 0) is 18.3 Å². The van der Waals surface area contributed by atoms with Gasteiger partial charge in [-0.05, 0) is 5.92 Å². The van der Waals surface area contributed by atoms with Gasteiger partial charge in [-0.3, -0.25) is 9.48 Å². The standard InChI is InChI=1S/C9H16N4O/c1-6(2)9(10)8(14)4-7-5-13(3)12-11-7/h5-6,9H,4,10H2,1-3H3. The van der Waals surface area contributed by atoms with Gasteiger partial charge in [-0.25, -0.2) is 0 Å². The van der Waals surface area contributed by atoms with Gasteiger partial charge in [-0.15, -0.1) is 5.10 Å². The van der Waals surface area contributed by atoms with Crippen molar-refractivity contribution < 1.29 is 4.79 Å². The summed E-state index contributed by atoms with van der Waals surface area (Å²) in [6.07, 6.45) is 2.00. The third-order valence-electron chi connectivity index (χ3n) is 2.10. The van der Waals surface area contributed by atoms with Crippen LogP contribution in [0.3, 0.4) is 0 Å². The van der Waals surface area contributed by atoms with E-state index in [2.05, 4.69) is 10.3 Å². The van der Waals surface area contributed by atoms with E-state index in [0.29, 0.717) is 5.69 Å². The van der Waals surface area contributed by atoms with Crippen LogP contribution in [0.1, 0.15) is 19.5 Å². The predicted molar refractivity (Wildman–Crippen MR) is 52.5 cm³/mol. The van der Waals surface area contributed by atoms with Crippen molar-refractivity contribution in [2.75, 3.05) is 0 Å². The Balaban J connectivity index is 2.57. The molecule has 5 heteroatoms. The Kier molecular flexibility index (Phi) is 3.35. The fraction of sp³-hybridized carbons (Fsp3) is 0.667. The van der Waals surface area contributed by atoms with Crippen LogP contribution < -0.4 is 5.73 Å². The Bertz CT molecular complexity index is 318. The molecule has 0 amide bonds. The second-order valence-corrected chi connectivity index (χ2v) is 3.80. The largest absolute Gasteiger partial charge is 0.321 e. The molecule has 1 aromatic rings. The molecule has 1 unspecified atom stereocenters. The molecule has 1 heterocycles. The van der Waals surface area contributed by atoms with E-state index < -0.39 is 6.04 Å². The highest BCUT2D eigenvalue weighted by atomic mass is 16.1. The maximum atomic E-state index is 11.6. The minimum Gasteiger partial charge on any atom is -0.321 e. The molecule has 0 aromatic carbocycles. The maximum Gasteiger partial charge on any atom is 0.155 e. The number of carbonyl (C=O) groups excluding carboxylic acids is 1. The van der Waals surface area contributed by atoms with Crippen molar-refractivity contribution in [1.29, 1.82) is 0 Å². The fourth-order valence-electron chi connectivity index (χ4n) is 1.14. The molecule has 0 bridgehead atoms. The molecule has 5 nitrogen and oxygen atoms in total. The number of ketones is 1. The summed E-state index contributed by atoms with van der Waals surface area (Å²) in [6.45, 7) is 3.86. The van der Waals surface area contributed by atoms with Crippen molar-refractivity contribution in [3.8, 4) is 0 Å². The Labute approximate surface area is 83.3 Å². The van der Waals surface area contributed by atoms with Gasteiger partial charge in [0.05, 0.1) is 18.2 Å². The SMILES string of the molecule is CC(C)C(N)C(=O)Cc1cn(C)nn1. The summed E-state index contributed by atoms with van der Waals surface area (Å²) in [6, 6.07) is -0.406. The molecule has 0 saturated heterocycles. The maximum absolute atomic E-state index is 11.6. The van der Waals surface area contributed by atoms with Crippen molar-refractivity contribution >= 4 is 5.78 Å². The molecular weight excluding hydrogens is 180 g/mol. The number of aryl methyl sites for hydroxylation is 1. The summed E-state index contributed by atoms with van der Waals surface area (Å²) in [5.74, 6) is 0.180. The lowest BCUT2D eigenvalue weighted by molar-refractivity contribution is -0.120. The molecule has 0 aliphatic carbocycles. The Morgan fingerprint density at radius 1 is 1.64 bits per heavy atom. The quantitative estimate of drug-likeness (QED) is 0.730. The first-order chi connectivity index (χ1) is 6.50. The van der Waals surface area contributed by atoms with Gasteiger partial charge in [-0.1, -0.05) is 19.1 Å². The van der Waals surface area contributed by atoms with Gasteiger partial charge < -0.3 is 5.73 Å². The molecular formula is C9H16N4O. The van der Waals surface area contributed by atoms with Gasteiger partial charge in [0.2, 0.25) is 0 Å². The van der Waals surface area contributed by atoms with Crippen LogP contribution in [-0.4, -0.2) is 26.8 Å². The average molecular weight is 196 g/mol. The molecule has 1 aromatic heterocycles. The van der Waals surface area contributed by atoms with E-state index in [-0.39, 0.29) is 18.1 Å². The summed E-state index contributed by atoms with van der Waals surface area (Å²) < 4.78 is 1.57. The minimum absolute atomic E-state index is 0.0144. The van der Waals surface area contributed by atoms with E-state index in [4.69, 9.17) is 5.73 Å². The van der Waals surface area contributed by atoms with Crippen LogP contribution in [0.5, 0.6) is 0 Å².